The summed E-state index contributed by atoms with van der Waals surface area (Å²) in [6.07, 6.45) is 2.96. The Morgan fingerprint density at radius 1 is 1.47 bits per heavy atom. The van der Waals surface area contributed by atoms with Crippen molar-refractivity contribution in [2.45, 2.75) is 44.6 Å². The lowest BCUT2D eigenvalue weighted by Crippen LogP contribution is -2.18. The molecule has 17 heavy (non-hydrogen) atoms. The largest absolute Gasteiger partial charge is 0.490 e. The lowest BCUT2D eigenvalue weighted by atomic mass is 9.96. The van der Waals surface area contributed by atoms with Gasteiger partial charge in [-0.25, -0.2) is 4.39 Å². The summed E-state index contributed by atoms with van der Waals surface area (Å²) < 4.78 is 18.9. The van der Waals surface area contributed by atoms with E-state index in [1.807, 2.05) is 6.92 Å². The standard InChI is InChI=1S/C14H18ClFO/c1-9(5-10(2)15)6-13-8-11-7-12(16)3-4-14(11)17-13/h3-4,7,9-10,13H,5-6,8H2,1-2H3. The summed E-state index contributed by atoms with van der Waals surface area (Å²) >= 11 is 5.98. The van der Waals surface area contributed by atoms with Gasteiger partial charge in [0.05, 0.1) is 0 Å². The van der Waals surface area contributed by atoms with Crippen molar-refractivity contribution in [3.05, 3.63) is 29.6 Å². The SMILES string of the molecule is CC(Cl)CC(C)CC1Cc2cc(F)ccc2O1. The number of rotatable bonds is 4. The minimum absolute atomic E-state index is 0.178. The van der Waals surface area contributed by atoms with Crippen molar-refractivity contribution in [3.63, 3.8) is 0 Å². The molecule has 1 aliphatic heterocycles. The van der Waals surface area contributed by atoms with Gasteiger partial charge in [-0.2, -0.15) is 0 Å². The van der Waals surface area contributed by atoms with Gasteiger partial charge in [0.25, 0.3) is 0 Å². The van der Waals surface area contributed by atoms with Crippen molar-refractivity contribution in [3.8, 4) is 5.75 Å². The Kier molecular flexibility index (Phi) is 3.93. The third-order valence-electron chi connectivity index (χ3n) is 3.16. The molecule has 0 radical (unpaired) electrons. The van der Waals surface area contributed by atoms with Crippen molar-refractivity contribution in [2.75, 3.05) is 0 Å². The molecule has 0 saturated carbocycles. The van der Waals surface area contributed by atoms with Crippen molar-refractivity contribution in [1.82, 2.24) is 0 Å². The summed E-state index contributed by atoms with van der Waals surface area (Å²) in [5.41, 5.74) is 0.987. The second-order valence-corrected chi connectivity index (χ2v) is 5.80. The van der Waals surface area contributed by atoms with Gasteiger partial charge in [-0.1, -0.05) is 6.92 Å². The molecule has 0 aliphatic carbocycles. The zero-order valence-corrected chi connectivity index (χ0v) is 11.0. The van der Waals surface area contributed by atoms with Gasteiger partial charge in [0.1, 0.15) is 17.7 Å². The molecular weight excluding hydrogens is 239 g/mol. The van der Waals surface area contributed by atoms with Gasteiger partial charge in [0.2, 0.25) is 0 Å². The second kappa shape index (κ2) is 5.26. The van der Waals surface area contributed by atoms with Crippen molar-refractivity contribution in [2.24, 2.45) is 5.92 Å². The molecular formula is C14H18ClFO. The van der Waals surface area contributed by atoms with Gasteiger partial charge in [0.15, 0.2) is 0 Å². The van der Waals surface area contributed by atoms with Crippen LogP contribution in [0.15, 0.2) is 18.2 Å². The average Bonchev–Trinajstić information content (AvgIpc) is 2.57. The monoisotopic (exact) mass is 256 g/mol. The highest BCUT2D eigenvalue weighted by Gasteiger charge is 2.25. The maximum atomic E-state index is 13.1. The van der Waals surface area contributed by atoms with E-state index >= 15 is 0 Å². The molecule has 0 aromatic heterocycles. The summed E-state index contributed by atoms with van der Waals surface area (Å²) in [7, 11) is 0. The highest BCUT2D eigenvalue weighted by Crippen LogP contribution is 2.32. The minimum Gasteiger partial charge on any atom is -0.490 e. The normalized spacial score (nSPS) is 21.8. The van der Waals surface area contributed by atoms with E-state index in [-0.39, 0.29) is 17.3 Å². The van der Waals surface area contributed by atoms with Gasteiger partial charge in [-0.05, 0) is 43.9 Å². The first-order valence-electron chi connectivity index (χ1n) is 6.13. The smallest absolute Gasteiger partial charge is 0.123 e. The molecule has 1 nitrogen and oxygen atoms in total. The van der Waals surface area contributed by atoms with E-state index in [1.54, 1.807) is 12.1 Å². The number of benzene rings is 1. The van der Waals surface area contributed by atoms with Crippen molar-refractivity contribution >= 4 is 11.6 Å². The van der Waals surface area contributed by atoms with E-state index in [0.717, 1.165) is 30.6 Å². The first-order valence-corrected chi connectivity index (χ1v) is 6.57. The Bertz CT molecular complexity index is 392. The van der Waals surface area contributed by atoms with E-state index in [2.05, 4.69) is 6.92 Å². The zero-order chi connectivity index (χ0) is 12.4. The number of alkyl halides is 1. The van der Waals surface area contributed by atoms with E-state index in [0.29, 0.717) is 5.92 Å². The minimum atomic E-state index is -0.185. The van der Waals surface area contributed by atoms with Gasteiger partial charge >= 0.3 is 0 Å². The molecule has 0 amide bonds. The Hall–Kier alpha value is -0.760. The third kappa shape index (κ3) is 3.35. The predicted molar refractivity (Wildman–Crippen MR) is 68.2 cm³/mol. The van der Waals surface area contributed by atoms with Crippen LogP contribution in [0.3, 0.4) is 0 Å². The maximum Gasteiger partial charge on any atom is 0.123 e. The summed E-state index contributed by atoms with van der Waals surface area (Å²) in [6, 6.07) is 4.75. The molecule has 0 fully saturated rings. The summed E-state index contributed by atoms with van der Waals surface area (Å²) in [4.78, 5) is 0. The van der Waals surface area contributed by atoms with Gasteiger partial charge in [-0.3, -0.25) is 0 Å². The Balaban J connectivity index is 1.92. The Morgan fingerprint density at radius 2 is 2.24 bits per heavy atom. The first-order chi connectivity index (χ1) is 8.04. The molecule has 0 spiro atoms. The van der Waals surface area contributed by atoms with E-state index < -0.39 is 0 Å². The fourth-order valence-corrected chi connectivity index (χ4v) is 2.82. The number of halogens is 2. The fourth-order valence-electron chi connectivity index (χ4n) is 2.52. The number of fused-ring (bicyclic) bond motifs is 1. The van der Waals surface area contributed by atoms with Crippen LogP contribution >= 0.6 is 11.6 Å². The molecule has 3 heteroatoms. The molecule has 3 atom stereocenters. The van der Waals surface area contributed by atoms with Crippen LogP contribution in [-0.2, 0) is 6.42 Å². The van der Waals surface area contributed by atoms with Crippen LogP contribution in [0.2, 0.25) is 0 Å². The predicted octanol–water partition coefficient (Wildman–Crippen LogP) is 4.17. The molecule has 0 saturated heterocycles. The van der Waals surface area contributed by atoms with Crippen LogP contribution in [0, 0.1) is 11.7 Å². The highest BCUT2D eigenvalue weighted by atomic mass is 35.5. The van der Waals surface area contributed by atoms with Crippen LogP contribution in [0.4, 0.5) is 4.39 Å². The topological polar surface area (TPSA) is 9.23 Å². The molecule has 1 aromatic carbocycles. The number of hydrogen-bond donors (Lipinski definition) is 0. The molecule has 1 heterocycles. The molecule has 2 rings (SSSR count). The highest BCUT2D eigenvalue weighted by molar-refractivity contribution is 6.20. The number of hydrogen-bond acceptors (Lipinski definition) is 1. The van der Waals surface area contributed by atoms with Crippen LogP contribution in [0.25, 0.3) is 0 Å². The van der Waals surface area contributed by atoms with E-state index in [4.69, 9.17) is 16.3 Å². The average molecular weight is 257 g/mol. The first kappa shape index (κ1) is 12.7. The van der Waals surface area contributed by atoms with Gasteiger partial charge in [0, 0.05) is 17.4 Å². The Morgan fingerprint density at radius 3 is 2.94 bits per heavy atom. The summed E-state index contributed by atoms with van der Waals surface area (Å²) in [5.74, 6) is 1.18. The Labute approximate surface area is 107 Å². The van der Waals surface area contributed by atoms with Gasteiger partial charge in [-0.15, -0.1) is 11.6 Å². The van der Waals surface area contributed by atoms with Crippen LogP contribution in [-0.4, -0.2) is 11.5 Å². The molecule has 0 bridgehead atoms. The molecule has 94 valence electrons. The molecule has 1 aromatic rings. The lowest BCUT2D eigenvalue weighted by Gasteiger charge is -2.17. The van der Waals surface area contributed by atoms with Crippen molar-refractivity contribution < 1.29 is 9.13 Å². The van der Waals surface area contributed by atoms with Crippen LogP contribution in [0.1, 0.15) is 32.3 Å². The second-order valence-electron chi connectivity index (χ2n) is 5.05. The quantitative estimate of drug-likeness (QED) is 0.735. The number of ether oxygens (including phenoxy) is 1. The summed E-state index contributed by atoms with van der Waals surface area (Å²) in [6.45, 7) is 4.20. The van der Waals surface area contributed by atoms with E-state index in [1.165, 1.54) is 6.07 Å². The summed E-state index contributed by atoms with van der Waals surface area (Å²) in [5, 5.41) is 0.200. The van der Waals surface area contributed by atoms with Crippen LogP contribution in [0.5, 0.6) is 5.75 Å². The third-order valence-corrected chi connectivity index (χ3v) is 3.33. The van der Waals surface area contributed by atoms with Crippen LogP contribution < -0.4 is 4.74 Å². The van der Waals surface area contributed by atoms with Crippen molar-refractivity contribution in [1.29, 1.82) is 0 Å². The van der Waals surface area contributed by atoms with E-state index in [9.17, 15) is 4.39 Å². The maximum absolute atomic E-state index is 13.1. The molecule has 1 aliphatic rings. The molecule has 3 unspecified atom stereocenters. The fraction of sp³-hybridized carbons (Fsp3) is 0.571. The lowest BCUT2D eigenvalue weighted by molar-refractivity contribution is 0.195. The van der Waals surface area contributed by atoms with Gasteiger partial charge < -0.3 is 4.74 Å². The molecule has 0 N–H and O–H groups in total. The zero-order valence-electron chi connectivity index (χ0n) is 10.2.